The SMILES string of the molecule is CCNC(C)c1ccc(SCC2CN(C)CCO2)cc1. The van der Waals surface area contributed by atoms with Crippen molar-refractivity contribution in [1.29, 1.82) is 0 Å². The van der Waals surface area contributed by atoms with Crippen molar-refractivity contribution in [3.8, 4) is 0 Å². The second-order valence-corrected chi connectivity index (χ2v) is 6.51. The zero-order chi connectivity index (χ0) is 14.4. The van der Waals surface area contributed by atoms with Crippen LogP contribution < -0.4 is 5.32 Å². The second kappa shape index (κ2) is 8.03. The molecule has 0 radical (unpaired) electrons. The Morgan fingerprint density at radius 3 is 2.80 bits per heavy atom. The predicted molar refractivity (Wildman–Crippen MR) is 86.5 cm³/mol. The molecule has 0 spiro atoms. The average molecular weight is 294 g/mol. The molecule has 0 aliphatic carbocycles. The second-order valence-electron chi connectivity index (χ2n) is 5.41. The molecule has 3 nitrogen and oxygen atoms in total. The van der Waals surface area contributed by atoms with E-state index in [-0.39, 0.29) is 0 Å². The molecular formula is C16H26N2OS. The Hall–Kier alpha value is -0.550. The van der Waals surface area contributed by atoms with E-state index < -0.39 is 0 Å². The molecule has 1 aliphatic heterocycles. The van der Waals surface area contributed by atoms with Crippen LogP contribution in [0.25, 0.3) is 0 Å². The van der Waals surface area contributed by atoms with Crippen LogP contribution in [0.1, 0.15) is 25.5 Å². The number of thioether (sulfide) groups is 1. The number of nitrogens with one attached hydrogen (secondary N) is 1. The lowest BCUT2D eigenvalue weighted by Crippen LogP contribution is -2.41. The van der Waals surface area contributed by atoms with Gasteiger partial charge in [-0.1, -0.05) is 19.1 Å². The first-order valence-corrected chi connectivity index (χ1v) is 8.44. The van der Waals surface area contributed by atoms with Gasteiger partial charge < -0.3 is 15.0 Å². The topological polar surface area (TPSA) is 24.5 Å². The predicted octanol–water partition coefficient (Wildman–Crippen LogP) is 2.78. The van der Waals surface area contributed by atoms with Crippen molar-refractivity contribution < 1.29 is 4.74 Å². The maximum Gasteiger partial charge on any atom is 0.0796 e. The Kier molecular flexibility index (Phi) is 6.36. The molecule has 2 atom stereocenters. The van der Waals surface area contributed by atoms with E-state index in [0.717, 1.165) is 32.0 Å². The largest absolute Gasteiger partial charge is 0.375 e. The molecule has 0 amide bonds. The lowest BCUT2D eigenvalue weighted by atomic mass is 10.1. The van der Waals surface area contributed by atoms with Crippen molar-refractivity contribution in [3.63, 3.8) is 0 Å². The fraction of sp³-hybridized carbons (Fsp3) is 0.625. The molecule has 112 valence electrons. The van der Waals surface area contributed by atoms with E-state index in [0.29, 0.717) is 12.1 Å². The first-order valence-electron chi connectivity index (χ1n) is 7.45. The van der Waals surface area contributed by atoms with Crippen molar-refractivity contribution in [2.24, 2.45) is 0 Å². The smallest absolute Gasteiger partial charge is 0.0796 e. The maximum atomic E-state index is 5.79. The molecule has 1 N–H and O–H groups in total. The molecule has 20 heavy (non-hydrogen) atoms. The van der Waals surface area contributed by atoms with Crippen LogP contribution in [0.2, 0.25) is 0 Å². The summed E-state index contributed by atoms with van der Waals surface area (Å²) in [6.45, 7) is 8.31. The fourth-order valence-electron chi connectivity index (χ4n) is 2.43. The third-order valence-corrected chi connectivity index (χ3v) is 4.81. The van der Waals surface area contributed by atoms with Gasteiger partial charge in [0.2, 0.25) is 0 Å². The van der Waals surface area contributed by atoms with Crippen LogP contribution in [-0.2, 0) is 4.74 Å². The van der Waals surface area contributed by atoms with Crippen LogP contribution in [-0.4, -0.2) is 50.0 Å². The van der Waals surface area contributed by atoms with Crippen LogP contribution in [0.4, 0.5) is 0 Å². The third-order valence-electron chi connectivity index (χ3n) is 3.67. The summed E-state index contributed by atoms with van der Waals surface area (Å²) < 4.78 is 5.79. The monoisotopic (exact) mass is 294 g/mol. The van der Waals surface area contributed by atoms with Crippen LogP contribution in [0.3, 0.4) is 0 Å². The number of ether oxygens (including phenoxy) is 1. The summed E-state index contributed by atoms with van der Waals surface area (Å²) in [4.78, 5) is 3.67. The Bertz CT molecular complexity index is 396. The van der Waals surface area contributed by atoms with Crippen molar-refractivity contribution >= 4 is 11.8 Å². The van der Waals surface area contributed by atoms with Crippen molar-refractivity contribution in [3.05, 3.63) is 29.8 Å². The summed E-state index contributed by atoms with van der Waals surface area (Å²) in [7, 11) is 2.16. The number of rotatable bonds is 6. The molecule has 1 aromatic rings. The van der Waals surface area contributed by atoms with Crippen LogP contribution >= 0.6 is 11.8 Å². The maximum absolute atomic E-state index is 5.79. The van der Waals surface area contributed by atoms with Crippen LogP contribution in [0, 0.1) is 0 Å². The quantitative estimate of drug-likeness (QED) is 0.816. The van der Waals surface area contributed by atoms with E-state index in [9.17, 15) is 0 Å². The molecule has 1 aromatic carbocycles. The fourth-order valence-corrected chi connectivity index (χ4v) is 3.34. The lowest BCUT2D eigenvalue weighted by Gasteiger charge is -2.29. The van der Waals surface area contributed by atoms with Gasteiger partial charge in [0.1, 0.15) is 0 Å². The molecule has 1 aliphatic rings. The Morgan fingerprint density at radius 1 is 1.40 bits per heavy atom. The molecule has 1 heterocycles. The van der Waals surface area contributed by atoms with Gasteiger partial charge in [0.05, 0.1) is 12.7 Å². The van der Waals surface area contributed by atoms with Gasteiger partial charge in [-0.2, -0.15) is 0 Å². The van der Waals surface area contributed by atoms with Gasteiger partial charge in [-0.25, -0.2) is 0 Å². The number of likely N-dealkylation sites (N-methyl/N-ethyl adjacent to an activating group) is 1. The standard InChI is InChI=1S/C16H26N2OS/c1-4-17-13(2)14-5-7-16(8-6-14)20-12-15-11-18(3)9-10-19-15/h5-8,13,15,17H,4,9-12H2,1-3H3. The minimum atomic E-state index is 0.360. The summed E-state index contributed by atoms with van der Waals surface area (Å²) in [6, 6.07) is 9.32. The zero-order valence-electron chi connectivity index (χ0n) is 12.8. The first-order chi connectivity index (χ1) is 9.69. The number of morpholine rings is 1. The van der Waals surface area contributed by atoms with E-state index in [1.54, 1.807) is 0 Å². The Morgan fingerprint density at radius 2 is 2.15 bits per heavy atom. The summed E-state index contributed by atoms with van der Waals surface area (Å²) in [5, 5.41) is 3.44. The van der Waals surface area contributed by atoms with Gasteiger partial charge in [0.25, 0.3) is 0 Å². The summed E-state index contributed by atoms with van der Waals surface area (Å²) in [5.74, 6) is 1.03. The van der Waals surface area contributed by atoms with Crippen LogP contribution in [0.5, 0.6) is 0 Å². The van der Waals surface area contributed by atoms with Gasteiger partial charge >= 0.3 is 0 Å². The van der Waals surface area contributed by atoms with Gasteiger partial charge in [-0.15, -0.1) is 11.8 Å². The minimum Gasteiger partial charge on any atom is -0.375 e. The molecule has 0 aromatic heterocycles. The zero-order valence-corrected chi connectivity index (χ0v) is 13.6. The van der Waals surface area contributed by atoms with E-state index in [4.69, 9.17) is 4.74 Å². The summed E-state index contributed by atoms with van der Waals surface area (Å²) in [6.07, 6.45) is 0.360. The van der Waals surface area contributed by atoms with E-state index in [2.05, 4.69) is 55.4 Å². The number of nitrogens with zero attached hydrogens (tertiary/aromatic N) is 1. The highest BCUT2D eigenvalue weighted by atomic mass is 32.2. The molecule has 0 bridgehead atoms. The van der Waals surface area contributed by atoms with E-state index >= 15 is 0 Å². The van der Waals surface area contributed by atoms with Gasteiger partial charge in [-0.05, 0) is 38.2 Å². The summed E-state index contributed by atoms with van der Waals surface area (Å²) in [5.41, 5.74) is 1.35. The molecule has 2 unspecified atom stereocenters. The number of benzene rings is 1. The van der Waals surface area contributed by atoms with Gasteiger partial charge in [0.15, 0.2) is 0 Å². The van der Waals surface area contributed by atoms with Crippen molar-refractivity contribution in [1.82, 2.24) is 10.2 Å². The molecule has 1 saturated heterocycles. The molecule has 0 saturated carbocycles. The third kappa shape index (κ3) is 4.77. The highest BCUT2D eigenvalue weighted by Gasteiger charge is 2.17. The average Bonchev–Trinajstić information content (AvgIpc) is 2.46. The lowest BCUT2D eigenvalue weighted by molar-refractivity contribution is -0.00598. The Balaban J connectivity index is 1.81. The Labute approximate surface area is 127 Å². The molecule has 2 rings (SSSR count). The highest BCUT2D eigenvalue weighted by molar-refractivity contribution is 7.99. The van der Waals surface area contributed by atoms with E-state index in [1.807, 2.05) is 11.8 Å². The highest BCUT2D eigenvalue weighted by Crippen LogP contribution is 2.23. The molecule has 1 fully saturated rings. The van der Waals surface area contributed by atoms with Gasteiger partial charge in [0, 0.05) is 29.8 Å². The van der Waals surface area contributed by atoms with E-state index in [1.165, 1.54) is 10.5 Å². The normalized spacial score (nSPS) is 21.9. The van der Waals surface area contributed by atoms with Crippen LogP contribution in [0.15, 0.2) is 29.2 Å². The number of hydrogen-bond donors (Lipinski definition) is 1. The minimum absolute atomic E-state index is 0.360. The molecular weight excluding hydrogens is 268 g/mol. The van der Waals surface area contributed by atoms with Crippen molar-refractivity contribution in [2.45, 2.75) is 30.9 Å². The van der Waals surface area contributed by atoms with Crippen molar-refractivity contribution in [2.75, 3.05) is 39.0 Å². The first kappa shape index (κ1) is 15.8. The molecule has 4 heteroatoms. The van der Waals surface area contributed by atoms with Gasteiger partial charge in [-0.3, -0.25) is 0 Å². The summed E-state index contributed by atoms with van der Waals surface area (Å²) >= 11 is 1.89. The number of hydrogen-bond acceptors (Lipinski definition) is 4.